The van der Waals surface area contributed by atoms with E-state index < -0.39 is 0 Å². The van der Waals surface area contributed by atoms with Crippen molar-refractivity contribution in [2.24, 2.45) is 5.41 Å². The second-order valence-electron chi connectivity index (χ2n) is 9.75. The largest absolute Gasteiger partial charge is 0.396 e. The van der Waals surface area contributed by atoms with Gasteiger partial charge in [0.05, 0.1) is 5.52 Å². The topological polar surface area (TPSA) is 90.9 Å². The molecular weight excluding hydrogens is 443 g/mol. The Hall–Kier alpha value is -3.58. The third-order valence-electron chi connectivity index (χ3n) is 7.10. The summed E-state index contributed by atoms with van der Waals surface area (Å²) in [5.41, 5.74) is 4.74. The number of carbonyl (C=O) groups excluding carboxylic acids is 1. The summed E-state index contributed by atoms with van der Waals surface area (Å²) in [5, 5.41) is 21.9. The maximum absolute atomic E-state index is 13.3. The van der Waals surface area contributed by atoms with Gasteiger partial charge in [-0.1, -0.05) is 18.6 Å². The molecule has 1 amide bonds. The fourth-order valence-corrected chi connectivity index (χ4v) is 5.31. The number of hydrogen-bond donors (Lipinski definition) is 3. The number of aliphatic hydroxyl groups is 1. The van der Waals surface area contributed by atoms with Crippen molar-refractivity contribution in [2.75, 3.05) is 6.61 Å². The van der Waals surface area contributed by atoms with E-state index in [9.17, 15) is 14.3 Å². The summed E-state index contributed by atoms with van der Waals surface area (Å²) >= 11 is 0. The number of nitrogens with one attached hydrogen (secondary N) is 2. The van der Waals surface area contributed by atoms with Crippen molar-refractivity contribution in [1.82, 2.24) is 20.5 Å². The van der Waals surface area contributed by atoms with Crippen LogP contribution in [-0.2, 0) is 6.42 Å². The lowest BCUT2D eigenvalue weighted by molar-refractivity contribution is 0.0618. The van der Waals surface area contributed by atoms with E-state index in [1.165, 1.54) is 12.1 Å². The molecule has 1 saturated carbocycles. The number of halogens is 1. The molecule has 180 valence electrons. The first-order valence-electron chi connectivity index (χ1n) is 12.0. The molecule has 2 aromatic carbocycles. The summed E-state index contributed by atoms with van der Waals surface area (Å²) in [7, 11) is 0. The van der Waals surface area contributed by atoms with Gasteiger partial charge in [-0.25, -0.2) is 4.39 Å². The van der Waals surface area contributed by atoms with Gasteiger partial charge in [-0.05, 0) is 86.1 Å². The van der Waals surface area contributed by atoms with Crippen molar-refractivity contribution in [1.29, 1.82) is 0 Å². The molecule has 6 nitrogen and oxygen atoms in total. The Kier molecular flexibility index (Phi) is 6.34. The van der Waals surface area contributed by atoms with E-state index in [0.717, 1.165) is 52.7 Å². The predicted octanol–water partition coefficient (Wildman–Crippen LogP) is 4.97. The van der Waals surface area contributed by atoms with Crippen LogP contribution in [0.4, 0.5) is 4.39 Å². The summed E-state index contributed by atoms with van der Waals surface area (Å²) in [6, 6.07) is 15.9. The lowest BCUT2D eigenvalue weighted by Crippen LogP contribution is -2.44. The van der Waals surface area contributed by atoms with Crippen LogP contribution in [-0.4, -0.2) is 38.8 Å². The highest BCUT2D eigenvalue weighted by Gasteiger charge is 2.36. The van der Waals surface area contributed by atoms with Crippen LogP contribution in [0.1, 0.15) is 47.3 Å². The maximum atomic E-state index is 13.3. The second-order valence-corrected chi connectivity index (χ2v) is 9.75. The summed E-state index contributed by atoms with van der Waals surface area (Å²) in [4.78, 5) is 17.5. The molecule has 0 saturated heterocycles. The molecule has 1 fully saturated rings. The van der Waals surface area contributed by atoms with Crippen molar-refractivity contribution in [3.63, 3.8) is 0 Å². The van der Waals surface area contributed by atoms with Crippen LogP contribution in [0.25, 0.3) is 22.2 Å². The molecule has 4 aromatic rings. The maximum Gasteiger partial charge on any atom is 0.251 e. The molecule has 0 aliphatic heterocycles. The molecule has 1 aliphatic carbocycles. The first kappa shape index (κ1) is 23.2. The van der Waals surface area contributed by atoms with Crippen molar-refractivity contribution < 1.29 is 14.3 Å². The monoisotopic (exact) mass is 472 g/mol. The number of benzene rings is 2. The molecule has 2 heterocycles. The quantitative estimate of drug-likeness (QED) is 0.370. The van der Waals surface area contributed by atoms with Crippen molar-refractivity contribution >= 4 is 16.8 Å². The standard InChI is InChI=1S/C28H29FN4O2/c1-18-13-20(10-12-30-18)26-24-14-21(6-9-25(24)32-33-26)27(35)31-23-3-2-11-28(16-23,17-34)15-19-4-7-22(29)8-5-19/h4-10,12-14,23,34H,2-3,11,15-17H2,1H3,(H,31,35)(H,32,33). The average Bonchev–Trinajstić information content (AvgIpc) is 3.29. The summed E-state index contributed by atoms with van der Waals surface area (Å²) in [6.45, 7) is 1.97. The van der Waals surface area contributed by atoms with E-state index in [-0.39, 0.29) is 29.8 Å². The van der Waals surface area contributed by atoms with Gasteiger partial charge in [-0.3, -0.25) is 14.9 Å². The van der Waals surface area contributed by atoms with E-state index >= 15 is 0 Å². The smallest absolute Gasteiger partial charge is 0.251 e. The molecule has 0 bridgehead atoms. The van der Waals surface area contributed by atoms with Gasteiger partial charge < -0.3 is 10.4 Å². The number of aryl methyl sites for hydroxylation is 1. The van der Waals surface area contributed by atoms with E-state index in [1.807, 2.05) is 31.2 Å². The first-order valence-corrected chi connectivity index (χ1v) is 12.0. The van der Waals surface area contributed by atoms with Gasteiger partial charge in [0.2, 0.25) is 0 Å². The Morgan fingerprint density at radius 3 is 2.80 bits per heavy atom. The Morgan fingerprint density at radius 1 is 1.20 bits per heavy atom. The number of nitrogens with zero attached hydrogens (tertiary/aromatic N) is 2. The number of rotatable bonds is 6. The van der Waals surface area contributed by atoms with Crippen LogP contribution in [0.2, 0.25) is 0 Å². The lowest BCUT2D eigenvalue weighted by atomic mass is 9.69. The van der Waals surface area contributed by atoms with Gasteiger partial charge >= 0.3 is 0 Å². The number of carbonyl (C=O) groups is 1. The van der Waals surface area contributed by atoms with Crippen LogP contribution in [0.3, 0.4) is 0 Å². The number of aromatic amines is 1. The van der Waals surface area contributed by atoms with Crippen LogP contribution in [0.5, 0.6) is 0 Å². The lowest BCUT2D eigenvalue weighted by Gasteiger charge is -2.40. The van der Waals surface area contributed by atoms with Gasteiger partial charge in [-0.2, -0.15) is 5.10 Å². The van der Waals surface area contributed by atoms with Crippen LogP contribution >= 0.6 is 0 Å². The minimum Gasteiger partial charge on any atom is -0.396 e. The van der Waals surface area contributed by atoms with Gasteiger partial charge in [-0.15, -0.1) is 0 Å². The highest BCUT2D eigenvalue weighted by molar-refractivity contribution is 6.01. The normalized spacial score (nSPS) is 20.1. The third-order valence-corrected chi connectivity index (χ3v) is 7.10. The molecule has 35 heavy (non-hydrogen) atoms. The number of amides is 1. The van der Waals surface area contributed by atoms with Crippen molar-refractivity contribution in [3.05, 3.63) is 83.4 Å². The highest BCUT2D eigenvalue weighted by Crippen LogP contribution is 2.39. The van der Waals surface area contributed by atoms with Gasteiger partial charge in [0.1, 0.15) is 11.5 Å². The van der Waals surface area contributed by atoms with Crippen molar-refractivity contribution in [2.45, 2.75) is 45.1 Å². The highest BCUT2D eigenvalue weighted by atomic mass is 19.1. The van der Waals surface area contributed by atoms with Gasteiger partial charge in [0, 0.05) is 41.1 Å². The van der Waals surface area contributed by atoms with E-state index in [1.54, 1.807) is 24.4 Å². The molecule has 2 aromatic heterocycles. The molecule has 7 heteroatoms. The minimum atomic E-state index is -0.324. The Labute approximate surface area is 203 Å². The van der Waals surface area contributed by atoms with Crippen LogP contribution < -0.4 is 5.32 Å². The number of hydrogen-bond acceptors (Lipinski definition) is 4. The molecular formula is C28H29FN4O2. The predicted molar refractivity (Wildman–Crippen MR) is 133 cm³/mol. The molecule has 5 rings (SSSR count). The molecule has 2 atom stereocenters. The Morgan fingerprint density at radius 2 is 2.03 bits per heavy atom. The fraction of sp³-hybridized carbons (Fsp3) is 0.321. The molecule has 0 radical (unpaired) electrons. The second kappa shape index (κ2) is 9.58. The number of fused-ring (bicyclic) bond motifs is 1. The van der Waals surface area contributed by atoms with Crippen LogP contribution in [0, 0.1) is 18.2 Å². The van der Waals surface area contributed by atoms with E-state index in [2.05, 4.69) is 20.5 Å². The zero-order valence-corrected chi connectivity index (χ0v) is 19.7. The van der Waals surface area contributed by atoms with Crippen LogP contribution in [0.15, 0.2) is 60.8 Å². The molecule has 2 unspecified atom stereocenters. The summed E-state index contributed by atoms with van der Waals surface area (Å²) < 4.78 is 13.3. The van der Waals surface area contributed by atoms with E-state index in [4.69, 9.17) is 0 Å². The van der Waals surface area contributed by atoms with Crippen molar-refractivity contribution in [3.8, 4) is 11.3 Å². The number of aromatic nitrogens is 3. The SMILES string of the molecule is Cc1cc(-c2n[nH]c3ccc(C(=O)NC4CCCC(CO)(Cc5ccc(F)cc5)C4)cc23)ccn1. The molecule has 1 aliphatic rings. The third kappa shape index (κ3) is 4.95. The van der Waals surface area contributed by atoms with Gasteiger partial charge in [0.15, 0.2) is 0 Å². The number of pyridine rings is 1. The van der Waals surface area contributed by atoms with E-state index in [0.29, 0.717) is 18.4 Å². The fourth-order valence-electron chi connectivity index (χ4n) is 5.31. The minimum absolute atomic E-state index is 0.0342. The molecule has 3 N–H and O–H groups in total. The Bertz CT molecular complexity index is 1350. The zero-order chi connectivity index (χ0) is 24.4. The summed E-state index contributed by atoms with van der Waals surface area (Å²) in [6.07, 6.45) is 5.76. The summed E-state index contributed by atoms with van der Waals surface area (Å²) in [5.74, 6) is -0.400. The first-order chi connectivity index (χ1) is 16.9. The van der Waals surface area contributed by atoms with Gasteiger partial charge in [0.25, 0.3) is 5.91 Å². The zero-order valence-electron chi connectivity index (χ0n) is 19.7. The molecule has 0 spiro atoms. The Balaban J connectivity index is 1.33. The number of H-pyrrole nitrogens is 1. The number of aliphatic hydroxyl groups excluding tert-OH is 1. The average molecular weight is 473 g/mol.